The van der Waals surface area contributed by atoms with Crippen molar-refractivity contribution in [3.63, 3.8) is 0 Å². The van der Waals surface area contributed by atoms with Crippen LogP contribution in [0.4, 0.5) is 13.2 Å². The molecule has 0 amide bonds. The summed E-state index contributed by atoms with van der Waals surface area (Å²) in [4.78, 5) is 4.40. The Morgan fingerprint density at radius 3 is 2.21 bits per heavy atom. The summed E-state index contributed by atoms with van der Waals surface area (Å²) in [7, 11) is 1.60. The lowest BCUT2D eigenvalue weighted by molar-refractivity contribution is -0.137. The maximum atomic E-state index is 13.7. The molecule has 3 aromatic carbocycles. The van der Waals surface area contributed by atoms with Gasteiger partial charge in [0.1, 0.15) is 17.2 Å². The summed E-state index contributed by atoms with van der Waals surface area (Å²) in [5, 5.41) is 10.5. The van der Waals surface area contributed by atoms with Gasteiger partial charge in [-0.15, -0.1) is 0 Å². The number of methoxy groups -OCH3 is 1. The molecule has 0 aliphatic carbocycles. The van der Waals surface area contributed by atoms with E-state index in [4.69, 9.17) is 4.74 Å². The van der Waals surface area contributed by atoms with Crippen molar-refractivity contribution in [3.8, 4) is 34.0 Å². The highest BCUT2D eigenvalue weighted by molar-refractivity contribution is 5.68. The van der Waals surface area contributed by atoms with E-state index in [0.717, 1.165) is 22.9 Å². The van der Waals surface area contributed by atoms with Crippen molar-refractivity contribution < 1.29 is 23.0 Å². The molecule has 1 N–H and O–H groups in total. The summed E-state index contributed by atoms with van der Waals surface area (Å²) >= 11 is 0. The van der Waals surface area contributed by atoms with E-state index >= 15 is 0 Å². The second-order valence-electron chi connectivity index (χ2n) is 8.20. The molecule has 0 spiro atoms. The lowest BCUT2D eigenvalue weighted by atomic mass is 10.0. The zero-order valence-electron chi connectivity index (χ0n) is 18.4. The van der Waals surface area contributed by atoms with Gasteiger partial charge >= 0.3 is 6.18 Å². The number of nitrogens with zero attached hydrogens (tertiary/aromatic N) is 2. The molecule has 4 nitrogen and oxygen atoms in total. The topological polar surface area (TPSA) is 47.3 Å². The van der Waals surface area contributed by atoms with E-state index in [2.05, 4.69) is 4.98 Å². The van der Waals surface area contributed by atoms with Crippen LogP contribution in [0.3, 0.4) is 0 Å². The number of halogens is 3. The first kappa shape index (κ1) is 22.6. The zero-order chi connectivity index (χ0) is 23.8. The molecule has 1 heterocycles. The molecule has 0 saturated heterocycles. The number of aliphatic hydroxyl groups is 1. The number of hydrogen-bond acceptors (Lipinski definition) is 3. The average Bonchev–Trinajstić information content (AvgIpc) is 3.25. The van der Waals surface area contributed by atoms with Crippen LogP contribution in [0.5, 0.6) is 5.75 Å². The van der Waals surface area contributed by atoms with Gasteiger partial charge < -0.3 is 9.84 Å². The van der Waals surface area contributed by atoms with Gasteiger partial charge in [-0.3, -0.25) is 4.57 Å². The van der Waals surface area contributed by atoms with Crippen LogP contribution in [-0.2, 0) is 11.8 Å². The van der Waals surface area contributed by atoms with Crippen LogP contribution in [0.1, 0.15) is 25.1 Å². The predicted octanol–water partition coefficient (Wildman–Crippen LogP) is 6.46. The highest BCUT2D eigenvalue weighted by Gasteiger charge is 2.35. The van der Waals surface area contributed by atoms with E-state index in [1.54, 1.807) is 37.8 Å². The minimum atomic E-state index is -4.54. The molecule has 0 aliphatic heterocycles. The highest BCUT2D eigenvalue weighted by atomic mass is 19.4. The standard InChI is InChI=1S/C26H23F3N2O2/c1-25(2,32)23-16-31(24(30-23)21-9-4-5-10-22(21)26(27,28)29)19-13-11-17(12-14-19)18-7-6-8-20(15-18)33-3/h4-16,32H,1-3H3. The fourth-order valence-corrected chi connectivity index (χ4v) is 3.60. The molecular formula is C26H23F3N2O2. The molecule has 0 aliphatic rings. The van der Waals surface area contributed by atoms with Crippen LogP contribution in [-0.4, -0.2) is 21.8 Å². The van der Waals surface area contributed by atoms with Gasteiger partial charge in [0.05, 0.1) is 18.4 Å². The monoisotopic (exact) mass is 452 g/mol. The Bertz CT molecular complexity index is 1270. The number of ether oxygens (including phenoxy) is 1. The lowest BCUT2D eigenvalue weighted by Gasteiger charge is -2.14. The van der Waals surface area contributed by atoms with E-state index in [1.807, 2.05) is 48.5 Å². The largest absolute Gasteiger partial charge is 0.497 e. The molecule has 0 atom stereocenters. The smallest absolute Gasteiger partial charge is 0.417 e. The van der Waals surface area contributed by atoms with Gasteiger partial charge in [-0.25, -0.2) is 4.98 Å². The number of hydrogen-bond donors (Lipinski definition) is 1. The molecule has 0 fully saturated rings. The Morgan fingerprint density at radius 1 is 0.879 bits per heavy atom. The number of alkyl halides is 3. The predicted molar refractivity (Wildman–Crippen MR) is 121 cm³/mol. The van der Waals surface area contributed by atoms with Crippen LogP contribution in [0.15, 0.2) is 79.0 Å². The maximum Gasteiger partial charge on any atom is 0.417 e. The molecule has 0 bridgehead atoms. The first-order chi connectivity index (χ1) is 15.6. The Balaban J connectivity index is 1.84. The zero-order valence-corrected chi connectivity index (χ0v) is 18.4. The SMILES string of the molecule is COc1cccc(-c2ccc(-n3cc(C(C)(C)O)nc3-c3ccccc3C(F)(F)F)cc2)c1. The van der Waals surface area contributed by atoms with Crippen LogP contribution in [0.2, 0.25) is 0 Å². The highest BCUT2D eigenvalue weighted by Crippen LogP contribution is 2.38. The fraction of sp³-hybridized carbons (Fsp3) is 0.192. The van der Waals surface area contributed by atoms with Crippen LogP contribution in [0.25, 0.3) is 28.2 Å². The summed E-state index contributed by atoms with van der Waals surface area (Å²) in [5.74, 6) is 0.834. The second kappa shape index (κ2) is 8.41. The van der Waals surface area contributed by atoms with E-state index in [0.29, 0.717) is 5.69 Å². The first-order valence-electron chi connectivity index (χ1n) is 10.3. The van der Waals surface area contributed by atoms with Crippen molar-refractivity contribution >= 4 is 0 Å². The second-order valence-corrected chi connectivity index (χ2v) is 8.20. The Hall–Kier alpha value is -3.58. The van der Waals surface area contributed by atoms with Gasteiger partial charge in [0.25, 0.3) is 0 Å². The van der Waals surface area contributed by atoms with Gasteiger partial charge in [0, 0.05) is 17.4 Å². The third kappa shape index (κ3) is 4.64. The normalized spacial score (nSPS) is 12.1. The van der Waals surface area contributed by atoms with Gasteiger partial charge in [0.2, 0.25) is 0 Å². The summed E-state index contributed by atoms with van der Waals surface area (Å²) < 4.78 is 48.0. The Labute approximate surface area is 189 Å². The van der Waals surface area contributed by atoms with Crippen molar-refractivity contribution in [2.45, 2.75) is 25.6 Å². The lowest BCUT2D eigenvalue weighted by Crippen LogP contribution is -2.15. The Kier molecular flexibility index (Phi) is 5.76. The minimum absolute atomic E-state index is 0.0580. The van der Waals surface area contributed by atoms with Crippen LogP contribution >= 0.6 is 0 Å². The molecule has 1 aromatic heterocycles. The molecule has 4 rings (SSSR count). The van der Waals surface area contributed by atoms with Gasteiger partial charge in [-0.05, 0) is 55.3 Å². The van der Waals surface area contributed by atoms with Crippen molar-refractivity contribution in [2.75, 3.05) is 7.11 Å². The summed E-state index contributed by atoms with van der Waals surface area (Å²) in [6.07, 6.45) is -2.97. The van der Waals surface area contributed by atoms with E-state index < -0.39 is 17.3 Å². The van der Waals surface area contributed by atoms with Crippen molar-refractivity contribution in [1.82, 2.24) is 9.55 Å². The molecule has 0 radical (unpaired) electrons. The van der Waals surface area contributed by atoms with Gasteiger partial charge in [0.15, 0.2) is 0 Å². The van der Waals surface area contributed by atoms with E-state index in [9.17, 15) is 18.3 Å². The number of imidazole rings is 1. The van der Waals surface area contributed by atoms with Crippen LogP contribution < -0.4 is 4.74 Å². The van der Waals surface area contributed by atoms with E-state index in [1.165, 1.54) is 12.1 Å². The molecule has 170 valence electrons. The number of aromatic nitrogens is 2. The van der Waals surface area contributed by atoms with E-state index in [-0.39, 0.29) is 17.1 Å². The molecule has 33 heavy (non-hydrogen) atoms. The number of rotatable bonds is 5. The molecule has 0 saturated carbocycles. The van der Waals surface area contributed by atoms with Crippen molar-refractivity contribution in [1.29, 1.82) is 0 Å². The minimum Gasteiger partial charge on any atom is -0.497 e. The first-order valence-corrected chi connectivity index (χ1v) is 10.3. The van der Waals surface area contributed by atoms with Crippen molar-refractivity contribution in [3.05, 3.63) is 90.3 Å². The van der Waals surface area contributed by atoms with Crippen LogP contribution in [0, 0.1) is 0 Å². The summed E-state index contributed by atoms with van der Waals surface area (Å²) in [5.41, 5.74) is 0.602. The van der Waals surface area contributed by atoms with Gasteiger partial charge in [-0.1, -0.05) is 42.5 Å². The average molecular weight is 452 g/mol. The van der Waals surface area contributed by atoms with Gasteiger partial charge in [-0.2, -0.15) is 13.2 Å². The van der Waals surface area contributed by atoms with Crippen molar-refractivity contribution in [2.24, 2.45) is 0 Å². The third-order valence-corrected chi connectivity index (χ3v) is 5.35. The quantitative estimate of drug-likeness (QED) is 0.378. The molecule has 0 unspecified atom stereocenters. The fourth-order valence-electron chi connectivity index (χ4n) is 3.60. The summed E-state index contributed by atoms with van der Waals surface area (Å²) in [6.45, 7) is 3.09. The molecular weight excluding hydrogens is 429 g/mol. The Morgan fingerprint density at radius 2 is 1.58 bits per heavy atom. The number of benzene rings is 3. The molecule has 7 heteroatoms. The summed E-state index contributed by atoms with van der Waals surface area (Å²) in [6, 6.07) is 20.3. The third-order valence-electron chi connectivity index (χ3n) is 5.35. The maximum absolute atomic E-state index is 13.7. The molecule has 4 aromatic rings.